The maximum Gasteiger partial charge on any atom is 0.293 e. The standard InChI is InChI=1S/C11H14N4O5S/c12-9-4-3-8(5-10(9)15(17)18)21(19,20)13-6-11(16)14-7-1-2-7/h3-5,7,13H,1-2,6,12H2,(H,14,16). The highest BCUT2D eigenvalue weighted by atomic mass is 32.2. The van der Waals surface area contributed by atoms with E-state index in [1.165, 1.54) is 0 Å². The number of benzene rings is 1. The minimum atomic E-state index is -4.01. The van der Waals surface area contributed by atoms with Crippen LogP contribution in [0.25, 0.3) is 0 Å². The molecule has 2 rings (SSSR count). The van der Waals surface area contributed by atoms with Crippen LogP contribution in [0.5, 0.6) is 0 Å². The van der Waals surface area contributed by atoms with Crippen molar-refractivity contribution < 1.29 is 18.1 Å². The van der Waals surface area contributed by atoms with Gasteiger partial charge < -0.3 is 11.1 Å². The molecule has 9 nitrogen and oxygen atoms in total. The average Bonchev–Trinajstić information content (AvgIpc) is 3.20. The van der Waals surface area contributed by atoms with Crippen LogP contribution in [0.4, 0.5) is 11.4 Å². The number of nitrogen functional groups attached to an aromatic ring is 1. The van der Waals surface area contributed by atoms with Gasteiger partial charge in [0, 0.05) is 12.1 Å². The van der Waals surface area contributed by atoms with Crippen molar-refractivity contribution in [2.45, 2.75) is 23.8 Å². The summed E-state index contributed by atoms with van der Waals surface area (Å²) in [6, 6.07) is 3.26. The molecule has 1 aromatic rings. The second-order valence-corrected chi connectivity index (χ2v) is 6.41. The fraction of sp³-hybridized carbons (Fsp3) is 0.364. The third-order valence-electron chi connectivity index (χ3n) is 2.87. The van der Waals surface area contributed by atoms with Crippen LogP contribution in [0, 0.1) is 10.1 Å². The Balaban J connectivity index is 2.09. The highest BCUT2D eigenvalue weighted by Crippen LogP contribution is 2.24. The Kier molecular flexibility index (Phi) is 4.09. The highest BCUT2D eigenvalue weighted by molar-refractivity contribution is 7.89. The number of amides is 1. The number of nitro benzene ring substituents is 1. The topological polar surface area (TPSA) is 144 Å². The first-order valence-electron chi connectivity index (χ1n) is 6.12. The van der Waals surface area contributed by atoms with Gasteiger partial charge in [0.2, 0.25) is 15.9 Å². The molecule has 1 aliphatic carbocycles. The Hall–Kier alpha value is -2.20. The van der Waals surface area contributed by atoms with Crippen molar-refractivity contribution in [2.24, 2.45) is 0 Å². The highest BCUT2D eigenvalue weighted by Gasteiger charge is 2.25. The Bertz CT molecular complexity index is 684. The number of nitro groups is 1. The summed E-state index contributed by atoms with van der Waals surface area (Å²) in [5.74, 6) is -0.439. The van der Waals surface area contributed by atoms with Crippen LogP contribution in [0.2, 0.25) is 0 Å². The van der Waals surface area contributed by atoms with E-state index in [2.05, 4.69) is 10.0 Å². The molecule has 4 N–H and O–H groups in total. The molecule has 0 heterocycles. The van der Waals surface area contributed by atoms with E-state index in [0.717, 1.165) is 31.0 Å². The van der Waals surface area contributed by atoms with Crippen molar-refractivity contribution in [1.82, 2.24) is 10.0 Å². The Morgan fingerprint density at radius 1 is 1.43 bits per heavy atom. The molecule has 10 heteroatoms. The molecule has 21 heavy (non-hydrogen) atoms. The first kappa shape index (κ1) is 15.2. The third-order valence-corrected chi connectivity index (χ3v) is 4.27. The number of nitrogens with zero attached hydrogens (tertiary/aromatic N) is 1. The van der Waals surface area contributed by atoms with E-state index in [0.29, 0.717) is 0 Å². The molecule has 0 saturated heterocycles. The molecule has 1 fully saturated rings. The molecular formula is C11H14N4O5S. The van der Waals surface area contributed by atoms with E-state index in [9.17, 15) is 23.3 Å². The Morgan fingerprint density at radius 2 is 2.10 bits per heavy atom. The zero-order chi connectivity index (χ0) is 15.6. The molecule has 0 aliphatic heterocycles. The molecule has 0 aromatic heterocycles. The fourth-order valence-electron chi connectivity index (χ4n) is 1.60. The first-order valence-corrected chi connectivity index (χ1v) is 7.61. The zero-order valence-electron chi connectivity index (χ0n) is 10.9. The van der Waals surface area contributed by atoms with Crippen LogP contribution < -0.4 is 15.8 Å². The van der Waals surface area contributed by atoms with E-state index in [1.54, 1.807) is 0 Å². The quantitative estimate of drug-likeness (QED) is 0.374. The van der Waals surface area contributed by atoms with Crippen LogP contribution in [0.1, 0.15) is 12.8 Å². The summed E-state index contributed by atoms with van der Waals surface area (Å²) in [7, 11) is -4.01. The largest absolute Gasteiger partial charge is 0.393 e. The summed E-state index contributed by atoms with van der Waals surface area (Å²) in [6.07, 6.45) is 1.78. The molecule has 0 unspecified atom stereocenters. The lowest BCUT2D eigenvalue weighted by atomic mass is 10.3. The van der Waals surface area contributed by atoms with Crippen LogP contribution in [-0.2, 0) is 14.8 Å². The molecular weight excluding hydrogens is 300 g/mol. The van der Waals surface area contributed by atoms with Crippen molar-refractivity contribution >= 4 is 27.3 Å². The predicted octanol–water partition coefficient (Wildman–Crippen LogP) is -0.266. The van der Waals surface area contributed by atoms with Gasteiger partial charge in [0.25, 0.3) is 5.69 Å². The monoisotopic (exact) mass is 314 g/mol. The number of anilines is 1. The Labute approximate surface area is 120 Å². The molecule has 1 aromatic carbocycles. The van der Waals surface area contributed by atoms with E-state index < -0.39 is 33.1 Å². The van der Waals surface area contributed by atoms with Crippen molar-refractivity contribution in [3.63, 3.8) is 0 Å². The number of nitrogens with one attached hydrogen (secondary N) is 2. The second kappa shape index (κ2) is 5.66. The van der Waals surface area contributed by atoms with Gasteiger partial charge in [0.1, 0.15) is 5.69 Å². The lowest BCUT2D eigenvalue weighted by Gasteiger charge is -2.07. The molecule has 0 radical (unpaired) electrons. The molecule has 0 spiro atoms. The van der Waals surface area contributed by atoms with Gasteiger partial charge in [0.15, 0.2) is 0 Å². The van der Waals surface area contributed by atoms with Crippen LogP contribution in [0.15, 0.2) is 23.1 Å². The van der Waals surface area contributed by atoms with Crippen LogP contribution >= 0.6 is 0 Å². The third kappa shape index (κ3) is 3.89. The molecule has 114 valence electrons. The number of carbonyl (C=O) groups is 1. The summed E-state index contributed by atoms with van der Waals surface area (Å²) in [4.78, 5) is 21.1. The number of sulfonamides is 1. The van der Waals surface area contributed by atoms with Gasteiger partial charge in [0.05, 0.1) is 16.4 Å². The zero-order valence-corrected chi connectivity index (χ0v) is 11.7. The summed E-state index contributed by atoms with van der Waals surface area (Å²) < 4.78 is 26.0. The number of hydrogen-bond acceptors (Lipinski definition) is 6. The van der Waals surface area contributed by atoms with Gasteiger partial charge in [-0.15, -0.1) is 0 Å². The van der Waals surface area contributed by atoms with Gasteiger partial charge in [-0.05, 0) is 25.0 Å². The van der Waals surface area contributed by atoms with Crippen molar-refractivity contribution in [2.75, 3.05) is 12.3 Å². The normalized spacial score (nSPS) is 14.7. The summed E-state index contributed by atoms with van der Waals surface area (Å²) in [6.45, 7) is -0.420. The summed E-state index contributed by atoms with van der Waals surface area (Å²) >= 11 is 0. The van der Waals surface area contributed by atoms with Gasteiger partial charge in [-0.1, -0.05) is 0 Å². The average molecular weight is 314 g/mol. The summed E-state index contributed by atoms with van der Waals surface area (Å²) in [5.41, 5.74) is 4.76. The maximum absolute atomic E-state index is 12.0. The van der Waals surface area contributed by atoms with E-state index in [-0.39, 0.29) is 16.6 Å². The van der Waals surface area contributed by atoms with Crippen molar-refractivity contribution in [3.05, 3.63) is 28.3 Å². The van der Waals surface area contributed by atoms with Gasteiger partial charge in [-0.3, -0.25) is 14.9 Å². The SMILES string of the molecule is Nc1ccc(S(=O)(=O)NCC(=O)NC2CC2)cc1[N+](=O)[O-]. The molecule has 1 aliphatic rings. The lowest BCUT2D eigenvalue weighted by Crippen LogP contribution is -2.37. The van der Waals surface area contributed by atoms with Crippen molar-refractivity contribution in [3.8, 4) is 0 Å². The molecule has 0 bridgehead atoms. The number of rotatable bonds is 6. The van der Waals surface area contributed by atoms with E-state index >= 15 is 0 Å². The Morgan fingerprint density at radius 3 is 2.67 bits per heavy atom. The maximum atomic E-state index is 12.0. The van der Waals surface area contributed by atoms with Gasteiger partial charge >= 0.3 is 0 Å². The molecule has 1 amide bonds. The second-order valence-electron chi connectivity index (χ2n) is 4.64. The van der Waals surface area contributed by atoms with E-state index in [1.807, 2.05) is 0 Å². The number of nitrogens with two attached hydrogens (primary N) is 1. The van der Waals surface area contributed by atoms with Gasteiger partial charge in [-0.2, -0.15) is 0 Å². The van der Waals surface area contributed by atoms with Gasteiger partial charge in [-0.25, -0.2) is 13.1 Å². The molecule has 1 saturated carbocycles. The lowest BCUT2D eigenvalue weighted by molar-refractivity contribution is -0.384. The van der Waals surface area contributed by atoms with Crippen LogP contribution in [-0.4, -0.2) is 31.8 Å². The first-order chi connectivity index (χ1) is 9.79. The molecule has 0 atom stereocenters. The van der Waals surface area contributed by atoms with Crippen LogP contribution in [0.3, 0.4) is 0 Å². The number of hydrogen-bond donors (Lipinski definition) is 3. The van der Waals surface area contributed by atoms with Crippen molar-refractivity contribution in [1.29, 1.82) is 0 Å². The number of carbonyl (C=O) groups excluding carboxylic acids is 1. The summed E-state index contributed by atoms with van der Waals surface area (Å²) in [5, 5.41) is 13.4. The smallest absolute Gasteiger partial charge is 0.293 e. The fourth-order valence-corrected chi connectivity index (χ4v) is 2.60. The minimum absolute atomic E-state index is 0.125. The van der Waals surface area contributed by atoms with E-state index in [4.69, 9.17) is 5.73 Å². The predicted molar refractivity (Wildman–Crippen MR) is 73.9 cm³/mol. The minimum Gasteiger partial charge on any atom is -0.393 e.